The average molecular weight is 277 g/mol. The Morgan fingerprint density at radius 2 is 1.95 bits per heavy atom. The van der Waals surface area contributed by atoms with Crippen LogP contribution in [0, 0.1) is 12.8 Å². The van der Waals surface area contributed by atoms with E-state index in [1.807, 2.05) is 38.1 Å². The molecule has 20 heavy (non-hydrogen) atoms. The molecular weight excluding hydrogens is 254 g/mol. The van der Waals surface area contributed by atoms with Crippen molar-refractivity contribution in [3.8, 4) is 0 Å². The van der Waals surface area contributed by atoms with Crippen molar-refractivity contribution in [2.75, 3.05) is 6.54 Å². The first-order valence-corrected chi connectivity index (χ1v) is 7.02. The van der Waals surface area contributed by atoms with Crippen molar-refractivity contribution < 1.29 is 14.7 Å². The van der Waals surface area contributed by atoms with Gasteiger partial charge >= 0.3 is 5.97 Å². The molecule has 0 fully saturated rings. The Bertz CT molecular complexity index is 457. The number of carbonyl (C=O) groups excluding carboxylic acids is 1. The number of aliphatic carboxylic acids is 1. The Morgan fingerprint density at radius 3 is 2.60 bits per heavy atom. The largest absolute Gasteiger partial charge is 0.481 e. The maximum atomic E-state index is 11.7. The van der Waals surface area contributed by atoms with Crippen molar-refractivity contribution in [2.24, 2.45) is 5.92 Å². The third-order valence-electron chi connectivity index (χ3n) is 3.38. The molecule has 0 radical (unpaired) electrons. The molecule has 1 amide bonds. The molecule has 110 valence electrons. The molecule has 1 aromatic carbocycles. The number of benzene rings is 1. The van der Waals surface area contributed by atoms with Crippen molar-refractivity contribution in [2.45, 2.75) is 39.5 Å². The van der Waals surface area contributed by atoms with Gasteiger partial charge in [0.25, 0.3) is 0 Å². The van der Waals surface area contributed by atoms with E-state index in [-0.39, 0.29) is 18.2 Å². The summed E-state index contributed by atoms with van der Waals surface area (Å²) in [6.45, 7) is 4.53. The Morgan fingerprint density at radius 1 is 1.25 bits per heavy atom. The van der Waals surface area contributed by atoms with Gasteiger partial charge in [0, 0.05) is 19.4 Å². The minimum absolute atomic E-state index is 0.0235. The van der Waals surface area contributed by atoms with E-state index in [0.717, 1.165) is 6.42 Å². The van der Waals surface area contributed by atoms with Crippen LogP contribution in [0.25, 0.3) is 0 Å². The van der Waals surface area contributed by atoms with Crippen molar-refractivity contribution >= 4 is 11.9 Å². The number of carbonyl (C=O) groups is 2. The summed E-state index contributed by atoms with van der Waals surface area (Å²) in [4.78, 5) is 22.2. The molecule has 4 heteroatoms. The minimum atomic E-state index is -0.789. The predicted molar refractivity (Wildman–Crippen MR) is 78.5 cm³/mol. The van der Waals surface area contributed by atoms with Crippen LogP contribution in [0.15, 0.2) is 24.3 Å². The smallest absolute Gasteiger partial charge is 0.303 e. The first-order valence-electron chi connectivity index (χ1n) is 7.02. The monoisotopic (exact) mass is 277 g/mol. The van der Waals surface area contributed by atoms with Gasteiger partial charge in [-0.25, -0.2) is 0 Å². The Kier molecular flexibility index (Phi) is 6.77. The number of aryl methyl sites for hydroxylation is 2. The van der Waals surface area contributed by atoms with Gasteiger partial charge in [-0.1, -0.05) is 31.2 Å². The summed E-state index contributed by atoms with van der Waals surface area (Å²) in [5.74, 6) is -0.577. The second-order valence-corrected chi connectivity index (χ2v) is 5.27. The molecule has 1 atom stereocenters. The van der Waals surface area contributed by atoms with E-state index in [0.29, 0.717) is 19.4 Å². The number of hydrogen-bond acceptors (Lipinski definition) is 2. The SMILES string of the molecule is Cc1ccccc1CCC(=O)NCC(C)CCC(=O)O. The minimum Gasteiger partial charge on any atom is -0.481 e. The summed E-state index contributed by atoms with van der Waals surface area (Å²) < 4.78 is 0. The van der Waals surface area contributed by atoms with Gasteiger partial charge in [0.15, 0.2) is 0 Å². The van der Waals surface area contributed by atoms with E-state index in [1.165, 1.54) is 11.1 Å². The van der Waals surface area contributed by atoms with E-state index < -0.39 is 5.97 Å². The normalized spacial score (nSPS) is 11.9. The summed E-state index contributed by atoms with van der Waals surface area (Å²) >= 11 is 0. The van der Waals surface area contributed by atoms with Gasteiger partial charge in [0.2, 0.25) is 5.91 Å². The highest BCUT2D eigenvalue weighted by atomic mass is 16.4. The second-order valence-electron chi connectivity index (χ2n) is 5.27. The zero-order valence-corrected chi connectivity index (χ0v) is 12.2. The molecule has 0 heterocycles. The number of amides is 1. The molecule has 2 N–H and O–H groups in total. The quantitative estimate of drug-likeness (QED) is 0.767. The van der Waals surface area contributed by atoms with Crippen molar-refractivity contribution in [3.05, 3.63) is 35.4 Å². The zero-order valence-electron chi connectivity index (χ0n) is 12.2. The number of nitrogens with one attached hydrogen (secondary N) is 1. The van der Waals surface area contributed by atoms with Crippen LogP contribution in [-0.4, -0.2) is 23.5 Å². The van der Waals surface area contributed by atoms with E-state index in [1.54, 1.807) is 0 Å². The van der Waals surface area contributed by atoms with E-state index in [9.17, 15) is 9.59 Å². The first kappa shape index (κ1) is 16.2. The molecule has 1 aromatic rings. The molecular formula is C16H23NO3. The fourth-order valence-electron chi connectivity index (χ4n) is 1.99. The van der Waals surface area contributed by atoms with Gasteiger partial charge in [-0.3, -0.25) is 9.59 Å². The van der Waals surface area contributed by atoms with Crippen molar-refractivity contribution in [1.29, 1.82) is 0 Å². The van der Waals surface area contributed by atoms with Gasteiger partial charge in [0.05, 0.1) is 0 Å². The number of hydrogen-bond donors (Lipinski definition) is 2. The van der Waals surface area contributed by atoms with Gasteiger partial charge in [-0.15, -0.1) is 0 Å². The number of rotatable bonds is 8. The fraction of sp³-hybridized carbons (Fsp3) is 0.500. The molecule has 1 rings (SSSR count). The fourth-order valence-corrected chi connectivity index (χ4v) is 1.99. The standard InChI is InChI=1S/C16H23NO3/c1-12(7-10-16(19)20)11-17-15(18)9-8-14-6-4-3-5-13(14)2/h3-6,12H,7-11H2,1-2H3,(H,17,18)(H,19,20). The average Bonchev–Trinajstić information content (AvgIpc) is 2.42. The molecule has 1 unspecified atom stereocenters. The summed E-state index contributed by atoms with van der Waals surface area (Å²) in [6, 6.07) is 8.05. The summed E-state index contributed by atoms with van der Waals surface area (Å²) in [7, 11) is 0. The van der Waals surface area contributed by atoms with E-state index >= 15 is 0 Å². The van der Waals surface area contributed by atoms with Gasteiger partial charge < -0.3 is 10.4 Å². The van der Waals surface area contributed by atoms with Gasteiger partial charge in [-0.2, -0.15) is 0 Å². The highest BCUT2D eigenvalue weighted by Gasteiger charge is 2.08. The highest BCUT2D eigenvalue weighted by molar-refractivity contribution is 5.76. The third kappa shape index (κ3) is 6.36. The van der Waals surface area contributed by atoms with E-state index in [4.69, 9.17) is 5.11 Å². The topological polar surface area (TPSA) is 66.4 Å². The predicted octanol–water partition coefficient (Wildman–Crippen LogP) is 2.54. The lowest BCUT2D eigenvalue weighted by Gasteiger charge is -2.11. The Labute approximate surface area is 120 Å². The zero-order chi connectivity index (χ0) is 15.0. The Balaban J connectivity index is 2.24. The lowest BCUT2D eigenvalue weighted by molar-refractivity contribution is -0.137. The maximum absolute atomic E-state index is 11.7. The molecule has 0 saturated heterocycles. The number of carboxylic acids is 1. The van der Waals surface area contributed by atoms with Crippen LogP contribution in [0.1, 0.15) is 37.3 Å². The molecule has 0 spiro atoms. The summed E-state index contributed by atoms with van der Waals surface area (Å²) in [6.07, 6.45) is 1.95. The lowest BCUT2D eigenvalue weighted by atomic mass is 10.0. The molecule has 4 nitrogen and oxygen atoms in total. The Hall–Kier alpha value is -1.84. The lowest BCUT2D eigenvalue weighted by Crippen LogP contribution is -2.28. The van der Waals surface area contributed by atoms with Crippen LogP contribution in [0.2, 0.25) is 0 Å². The number of carboxylic acid groups (broad SMARTS) is 1. The van der Waals surface area contributed by atoms with Gasteiger partial charge in [0.1, 0.15) is 0 Å². The van der Waals surface area contributed by atoms with Gasteiger partial charge in [-0.05, 0) is 36.8 Å². The highest BCUT2D eigenvalue weighted by Crippen LogP contribution is 2.09. The van der Waals surface area contributed by atoms with Crippen LogP contribution < -0.4 is 5.32 Å². The first-order chi connectivity index (χ1) is 9.49. The molecule has 0 aliphatic carbocycles. The van der Waals surface area contributed by atoms with Crippen LogP contribution in [0.3, 0.4) is 0 Å². The maximum Gasteiger partial charge on any atom is 0.303 e. The van der Waals surface area contributed by atoms with Crippen LogP contribution in [0.5, 0.6) is 0 Å². The van der Waals surface area contributed by atoms with E-state index in [2.05, 4.69) is 5.32 Å². The second kappa shape index (κ2) is 8.35. The van der Waals surface area contributed by atoms with Crippen LogP contribution in [-0.2, 0) is 16.0 Å². The van der Waals surface area contributed by atoms with Crippen molar-refractivity contribution in [1.82, 2.24) is 5.32 Å². The summed E-state index contributed by atoms with van der Waals surface area (Å²) in [5.41, 5.74) is 2.40. The van der Waals surface area contributed by atoms with Crippen LogP contribution >= 0.6 is 0 Å². The molecule has 0 aliphatic heterocycles. The van der Waals surface area contributed by atoms with Crippen molar-refractivity contribution in [3.63, 3.8) is 0 Å². The third-order valence-corrected chi connectivity index (χ3v) is 3.38. The molecule has 0 bridgehead atoms. The summed E-state index contributed by atoms with van der Waals surface area (Å²) in [5, 5.41) is 11.5. The molecule has 0 aliphatic rings. The molecule has 0 aromatic heterocycles. The molecule has 0 saturated carbocycles. The van der Waals surface area contributed by atoms with Crippen LogP contribution in [0.4, 0.5) is 0 Å².